The van der Waals surface area contributed by atoms with E-state index in [-0.39, 0.29) is 12.0 Å². The van der Waals surface area contributed by atoms with Crippen LogP contribution >= 0.6 is 11.3 Å². The van der Waals surface area contributed by atoms with Crippen LogP contribution in [0.3, 0.4) is 0 Å². The van der Waals surface area contributed by atoms with Crippen molar-refractivity contribution in [3.63, 3.8) is 0 Å². The molecule has 3 aromatic heterocycles. The van der Waals surface area contributed by atoms with Crippen LogP contribution in [0.4, 0.5) is 0 Å². The number of oxazole rings is 1. The minimum atomic E-state index is -0.692. The van der Waals surface area contributed by atoms with Gasteiger partial charge in [-0.2, -0.15) is 0 Å². The van der Waals surface area contributed by atoms with Gasteiger partial charge in [-0.15, -0.1) is 11.3 Å². The maximum absolute atomic E-state index is 10.7. The first-order chi connectivity index (χ1) is 16.3. The van der Waals surface area contributed by atoms with E-state index in [9.17, 15) is 5.11 Å². The summed E-state index contributed by atoms with van der Waals surface area (Å²) in [5, 5.41) is 11.8. The second kappa shape index (κ2) is 9.33. The fraction of sp³-hybridized carbons (Fsp3) is 0.600. The van der Waals surface area contributed by atoms with Gasteiger partial charge in [-0.05, 0) is 62.5 Å². The molecule has 1 saturated heterocycles. The third-order valence-electron chi connectivity index (χ3n) is 7.54. The molecule has 0 radical (unpaired) electrons. The van der Waals surface area contributed by atoms with Gasteiger partial charge in [0.2, 0.25) is 5.89 Å². The summed E-state index contributed by atoms with van der Waals surface area (Å²) in [6.07, 6.45) is 11.8. The zero-order valence-electron chi connectivity index (χ0n) is 18.8. The summed E-state index contributed by atoms with van der Waals surface area (Å²) in [6.45, 7) is 3.84. The Balaban J connectivity index is 1.18. The van der Waals surface area contributed by atoms with Gasteiger partial charge in [0.25, 0.3) is 0 Å². The van der Waals surface area contributed by atoms with Gasteiger partial charge in [-0.3, -0.25) is 4.90 Å². The predicted molar refractivity (Wildman–Crippen MR) is 126 cm³/mol. The lowest BCUT2D eigenvalue weighted by Crippen LogP contribution is -2.46. The monoisotopic (exact) mass is 469 g/mol. The average Bonchev–Trinajstić information content (AvgIpc) is 3.59. The van der Waals surface area contributed by atoms with Crippen molar-refractivity contribution in [1.82, 2.24) is 14.9 Å². The van der Waals surface area contributed by atoms with Crippen molar-refractivity contribution >= 4 is 21.6 Å². The van der Waals surface area contributed by atoms with Crippen LogP contribution in [0.25, 0.3) is 10.2 Å². The van der Waals surface area contributed by atoms with E-state index >= 15 is 0 Å². The molecule has 2 atom stereocenters. The molecule has 1 saturated carbocycles. The number of aliphatic hydroxyl groups excluding tert-OH is 1. The van der Waals surface area contributed by atoms with E-state index in [1.54, 1.807) is 17.5 Å². The normalized spacial score (nSPS) is 27.0. The van der Waals surface area contributed by atoms with Crippen LogP contribution in [0, 0.1) is 0 Å². The zero-order chi connectivity index (χ0) is 22.2. The summed E-state index contributed by atoms with van der Waals surface area (Å²) >= 11 is 1.78. The Morgan fingerprint density at radius 2 is 1.97 bits per heavy atom. The van der Waals surface area contributed by atoms with Crippen LogP contribution in [0.1, 0.15) is 66.9 Å². The van der Waals surface area contributed by atoms with Gasteiger partial charge in [0.1, 0.15) is 22.9 Å². The lowest BCUT2D eigenvalue weighted by molar-refractivity contribution is -0.000920. The number of rotatable bonds is 6. The van der Waals surface area contributed by atoms with Crippen LogP contribution in [0.5, 0.6) is 5.75 Å². The Morgan fingerprint density at radius 3 is 2.76 bits per heavy atom. The molecular formula is C25H31N3O4S. The molecule has 0 spiro atoms. The van der Waals surface area contributed by atoms with Crippen molar-refractivity contribution < 1.29 is 19.0 Å². The topological polar surface area (TPSA) is 80.9 Å². The molecule has 0 aromatic carbocycles. The van der Waals surface area contributed by atoms with Crippen molar-refractivity contribution in [3.05, 3.63) is 41.1 Å². The average molecular weight is 470 g/mol. The Kier molecular flexibility index (Phi) is 6.09. The standard InChI is InChI=1S/C25H31N3O4S/c29-19(24-26-9-12-31-24)15-16-1-6-21-22(16)23-20(7-8-27-25(23)33-21)32-18-4-2-17(3-5-18)28-10-13-30-14-11-28/h7-9,12,16-19,29H,1-6,10-11,13-15H2/t16-,17?,18?,19-/m1/s1. The number of aryl methyl sites for hydroxylation is 1. The summed E-state index contributed by atoms with van der Waals surface area (Å²) in [5.41, 5.74) is 1.32. The molecule has 0 unspecified atom stereocenters. The number of hydrogen-bond donors (Lipinski definition) is 1. The SMILES string of the molecule is O[C@H](C[C@H]1CCc2sc3nccc(OC4CCC(N5CCOCC5)CC4)c3c21)c1ncco1. The lowest BCUT2D eigenvalue weighted by atomic mass is 9.91. The predicted octanol–water partition coefficient (Wildman–Crippen LogP) is 4.46. The molecule has 3 aromatic rings. The Hall–Kier alpha value is -2.00. The van der Waals surface area contributed by atoms with E-state index in [0.29, 0.717) is 18.4 Å². The second-order valence-corrected chi connectivity index (χ2v) is 10.6. The van der Waals surface area contributed by atoms with E-state index in [0.717, 1.165) is 68.0 Å². The van der Waals surface area contributed by atoms with Crippen molar-refractivity contribution in [3.8, 4) is 5.75 Å². The van der Waals surface area contributed by atoms with Crippen LogP contribution in [0.15, 0.2) is 29.1 Å². The molecule has 8 heteroatoms. The van der Waals surface area contributed by atoms with Crippen LogP contribution < -0.4 is 4.74 Å². The van der Waals surface area contributed by atoms with Crippen LogP contribution in [-0.4, -0.2) is 58.4 Å². The van der Waals surface area contributed by atoms with E-state index in [1.807, 2.05) is 12.3 Å². The number of morpholine rings is 1. The highest BCUT2D eigenvalue weighted by atomic mass is 32.1. The third kappa shape index (κ3) is 4.30. The molecule has 0 bridgehead atoms. The van der Waals surface area contributed by atoms with E-state index in [4.69, 9.17) is 13.9 Å². The molecule has 6 rings (SSSR count). The lowest BCUT2D eigenvalue weighted by Gasteiger charge is -2.38. The maximum Gasteiger partial charge on any atom is 0.222 e. The summed E-state index contributed by atoms with van der Waals surface area (Å²) in [6, 6.07) is 2.70. The van der Waals surface area contributed by atoms with Gasteiger partial charge in [0.05, 0.1) is 30.9 Å². The molecule has 176 valence electrons. The molecule has 1 N–H and O–H groups in total. The molecule has 2 aliphatic carbocycles. The number of thiophene rings is 1. The van der Waals surface area contributed by atoms with Crippen molar-refractivity contribution in [2.45, 2.75) is 69.1 Å². The summed E-state index contributed by atoms with van der Waals surface area (Å²) in [7, 11) is 0. The number of pyridine rings is 1. The maximum atomic E-state index is 10.7. The van der Waals surface area contributed by atoms with Crippen LogP contribution in [-0.2, 0) is 11.2 Å². The van der Waals surface area contributed by atoms with Gasteiger partial charge >= 0.3 is 0 Å². The van der Waals surface area contributed by atoms with Gasteiger partial charge in [-0.1, -0.05) is 0 Å². The smallest absolute Gasteiger partial charge is 0.222 e. The van der Waals surface area contributed by atoms with Crippen molar-refractivity contribution in [1.29, 1.82) is 0 Å². The van der Waals surface area contributed by atoms with Gasteiger partial charge in [0, 0.05) is 30.2 Å². The fourth-order valence-corrected chi connectivity index (χ4v) is 7.14. The Labute approximate surface area is 197 Å². The number of hydrogen-bond acceptors (Lipinski definition) is 8. The van der Waals surface area contributed by atoms with Gasteiger partial charge in [-0.25, -0.2) is 9.97 Å². The van der Waals surface area contributed by atoms with E-state index in [2.05, 4.69) is 14.9 Å². The first-order valence-corrected chi connectivity index (χ1v) is 13.0. The fourth-order valence-electron chi connectivity index (χ4n) is 5.88. The minimum absolute atomic E-state index is 0.251. The highest BCUT2D eigenvalue weighted by Crippen LogP contribution is 2.49. The molecule has 33 heavy (non-hydrogen) atoms. The Bertz CT molecular complexity index is 1070. The number of fused-ring (bicyclic) bond motifs is 3. The van der Waals surface area contributed by atoms with Crippen molar-refractivity contribution in [2.75, 3.05) is 26.3 Å². The number of ether oxygens (including phenoxy) is 2. The van der Waals surface area contributed by atoms with Gasteiger partial charge < -0.3 is 19.0 Å². The minimum Gasteiger partial charge on any atom is -0.490 e. The molecule has 1 aliphatic heterocycles. The van der Waals surface area contributed by atoms with E-state index < -0.39 is 6.10 Å². The highest BCUT2D eigenvalue weighted by molar-refractivity contribution is 7.19. The zero-order valence-corrected chi connectivity index (χ0v) is 19.6. The molecule has 2 fully saturated rings. The first kappa shape index (κ1) is 21.5. The quantitative estimate of drug-likeness (QED) is 0.571. The Morgan fingerprint density at radius 1 is 1.12 bits per heavy atom. The summed E-state index contributed by atoms with van der Waals surface area (Å²) < 4.78 is 17.5. The van der Waals surface area contributed by atoms with E-state index in [1.165, 1.54) is 29.5 Å². The summed E-state index contributed by atoms with van der Waals surface area (Å²) in [5.74, 6) is 1.62. The number of aliphatic hydroxyl groups is 1. The molecule has 0 amide bonds. The third-order valence-corrected chi connectivity index (χ3v) is 8.71. The molecular weight excluding hydrogens is 438 g/mol. The molecule has 7 nitrogen and oxygen atoms in total. The van der Waals surface area contributed by atoms with Gasteiger partial charge in [0.15, 0.2) is 0 Å². The molecule has 4 heterocycles. The first-order valence-electron chi connectivity index (χ1n) is 12.2. The number of aromatic nitrogens is 2. The summed E-state index contributed by atoms with van der Waals surface area (Å²) in [4.78, 5) is 13.8. The highest BCUT2D eigenvalue weighted by Gasteiger charge is 2.33. The number of nitrogens with zero attached hydrogens (tertiary/aromatic N) is 3. The molecule has 3 aliphatic rings. The van der Waals surface area contributed by atoms with Crippen LogP contribution in [0.2, 0.25) is 0 Å². The van der Waals surface area contributed by atoms with Crippen molar-refractivity contribution in [2.24, 2.45) is 0 Å². The largest absolute Gasteiger partial charge is 0.490 e. The second-order valence-electron chi connectivity index (χ2n) is 9.48.